The van der Waals surface area contributed by atoms with E-state index in [9.17, 15) is 0 Å². The maximum absolute atomic E-state index is 3.65. The lowest BCUT2D eigenvalue weighted by atomic mass is 10.4. The fourth-order valence-electron chi connectivity index (χ4n) is 1.59. The summed E-state index contributed by atoms with van der Waals surface area (Å²) < 4.78 is 1.23. The molecule has 0 aliphatic carbocycles. The third-order valence-electron chi connectivity index (χ3n) is 2.22. The van der Waals surface area contributed by atoms with E-state index in [1.165, 1.54) is 28.2 Å². The molecule has 0 N–H and O–H groups in total. The zero-order chi connectivity index (χ0) is 9.26. The molecule has 1 atom stereocenters. The van der Waals surface area contributed by atoms with Crippen LogP contribution in [0, 0.1) is 0 Å². The van der Waals surface area contributed by atoms with Crippen molar-refractivity contribution in [3.63, 3.8) is 0 Å². The van der Waals surface area contributed by atoms with Crippen LogP contribution in [0.15, 0.2) is 15.9 Å². The molecule has 13 heavy (non-hydrogen) atoms. The summed E-state index contributed by atoms with van der Waals surface area (Å²) in [5.74, 6) is 0. The van der Waals surface area contributed by atoms with Crippen molar-refractivity contribution in [3.8, 4) is 0 Å². The Balaban J connectivity index is 1.91. The van der Waals surface area contributed by atoms with Crippen molar-refractivity contribution < 1.29 is 0 Å². The Morgan fingerprint density at radius 3 is 2.92 bits per heavy atom. The predicted octanol–water partition coefficient (Wildman–Crippen LogP) is 3.48. The van der Waals surface area contributed by atoms with Gasteiger partial charge in [-0.25, -0.2) is 0 Å². The molecule has 1 aliphatic heterocycles. The van der Waals surface area contributed by atoms with Crippen LogP contribution in [-0.4, -0.2) is 22.8 Å². The molecule has 0 radical (unpaired) electrons. The molecule has 72 valence electrons. The Labute approximate surface area is 99.4 Å². The van der Waals surface area contributed by atoms with Crippen LogP contribution >= 0.6 is 43.2 Å². The molecule has 1 nitrogen and oxygen atoms in total. The highest BCUT2D eigenvalue weighted by Gasteiger charge is 2.19. The number of alkyl halides is 1. The Hall–Kier alpha value is 0.620. The van der Waals surface area contributed by atoms with Crippen LogP contribution in [0.3, 0.4) is 0 Å². The standard InChI is InChI=1S/C9H11Br2NS/c10-7-3-4-12(5-7)6-8-1-2-9(11)13-8/h1-2,7H,3-6H2. The fourth-order valence-corrected chi connectivity index (χ4v) is 3.73. The number of thiophene rings is 1. The SMILES string of the molecule is Brc1ccc(CN2CCC(Br)C2)s1. The first-order valence-electron chi connectivity index (χ1n) is 4.34. The Kier molecular flexibility index (Phi) is 3.46. The van der Waals surface area contributed by atoms with E-state index in [1.807, 2.05) is 11.3 Å². The van der Waals surface area contributed by atoms with Crippen molar-refractivity contribution >= 4 is 43.2 Å². The zero-order valence-corrected chi connectivity index (χ0v) is 11.2. The molecule has 4 heteroatoms. The van der Waals surface area contributed by atoms with Gasteiger partial charge in [0.05, 0.1) is 3.79 Å². The van der Waals surface area contributed by atoms with Crippen LogP contribution in [0.1, 0.15) is 11.3 Å². The molecule has 2 rings (SSSR count). The summed E-state index contributed by atoms with van der Waals surface area (Å²) in [5, 5.41) is 0. The van der Waals surface area contributed by atoms with Gasteiger partial charge >= 0.3 is 0 Å². The van der Waals surface area contributed by atoms with E-state index < -0.39 is 0 Å². The van der Waals surface area contributed by atoms with Crippen molar-refractivity contribution in [3.05, 3.63) is 20.8 Å². The summed E-state index contributed by atoms with van der Waals surface area (Å²) in [4.78, 5) is 4.65. The van der Waals surface area contributed by atoms with E-state index in [2.05, 4.69) is 48.9 Å². The lowest BCUT2D eigenvalue weighted by Crippen LogP contribution is -2.19. The van der Waals surface area contributed by atoms with Crippen LogP contribution in [0.2, 0.25) is 0 Å². The first-order valence-corrected chi connectivity index (χ1v) is 6.87. The minimum Gasteiger partial charge on any atom is -0.297 e. The van der Waals surface area contributed by atoms with Crippen molar-refractivity contribution in [2.45, 2.75) is 17.8 Å². The van der Waals surface area contributed by atoms with Gasteiger partial charge in [0.15, 0.2) is 0 Å². The molecule has 0 spiro atoms. The summed E-state index contributed by atoms with van der Waals surface area (Å²) in [7, 11) is 0. The fraction of sp³-hybridized carbons (Fsp3) is 0.556. The van der Waals surface area contributed by atoms with Gasteiger partial charge in [0.1, 0.15) is 0 Å². The largest absolute Gasteiger partial charge is 0.297 e. The molecule has 1 aromatic heterocycles. The van der Waals surface area contributed by atoms with E-state index in [-0.39, 0.29) is 0 Å². The van der Waals surface area contributed by atoms with Gasteiger partial charge in [-0.15, -0.1) is 11.3 Å². The maximum Gasteiger partial charge on any atom is 0.0701 e. The summed E-state index contributed by atoms with van der Waals surface area (Å²) in [5.41, 5.74) is 0. The van der Waals surface area contributed by atoms with Gasteiger partial charge in [0, 0.05) is 22.8 Å². The van der Waals surface area contributed by atoms with Crippen molar-refractivity contribution in [1.29, 1.82) is 0 Å². The number of hydrogen-bond donors (Lipinski definition) is 0. The van der Waals surface area contributed by atoms with Gasteiger partial charge in [-0.1, -0.05) is 15.9 Å². The molecule has 0 saturated carbocycles. The van der Waals surface area contributed by atoms with Gasteiger partial charge in [-0.2, -0.15) is 0 Å². The Bertz CT molecular complexity index is 287. The molecular formula is C9H11Br2NS. The molecule has 0 aromatic carbocycles. The van der Waals surface area contributed by atoms with Gasteiger partial charge in [0.2, 0.25) is 0 Å². The van der Waals surface area contributed by atoms with E-state index in [0.29, 0.717) is 4.83 Å². The maximum atomic E-state index is 3.65. The first-order chi connectivity index (χ1) is 6.24. The number of nitrogens with zero attached hydrogens (tertiary/aromatic N) is 1. The number of halogens is 2. The molecule has 1 aliphatic rings. The second kappa shape index (κ2) is 4.43. The third kappa shape index (κ3) is 2.78. The second-order valence-corrected chi connectivity index (χ2v) is 7.17. The molecule has 2 heterocycles. The highest BCUT2D eigenvalue weighted by molar-refractivity contribution is 9.11. The lowest BCUT2D eigenvalue weighted by molar-refractivity contribution is 0.336. The number of hydrogen-bond acceptors (Lipinski definition) is 2. The Morgan fingerprint density at radius 1 is 1.54 bits per heavy atom. The second-order valence-electron chi connectivity index (χ2n) is 3.33. The zero-order valence-electron chi connectivity index (χ0n) is 7.17. The van der Waals surface area contributed by atoms with Gasteiger partial charge in [-0.3, -0.25) is 4.90 Å². The molecular weight excluding hydrogens is 314 g/mol. The van der Waals surface area contributed by atoms with Crippen molar-refractivity contribution in [1.82, 2.24) is 4.90 Å². The monoisotopic (exact) mass is 323 g/mol. The van der Waals surface area contributed by atoms with Crippen molar-refractivity contribution in [2.24, 2.45) is 0 Å². The average molecular weight is 325 g/mol. The third-order valence-corrected chi connectivity index (χ3v) is 4.58. The summed E-state index contributed by atoms with van der Waals surface area (Å²) in [6, 6.07) is 4.33. The van der Waals surface area contributed by atoms with E-state index >= 15 is 0 Å². The quantitative estimate of drug-likeness (QED) is 0.753. The molecule has 1 aromatic rings. The minimum atomic E-state index is 0.705. The van der Waals surface area contributed by atoms with Crippen LogP contribution in [0.5, 0.6) is 0 Å². The topological polar surface area (TPSA) is 3.24 Å². The van der Waals surface area contributed by atoms with Gasteiger partial charge < -0.3 is 0 Å². The van der Waals surface area contributed by atoms with Gasteiger partial charge in [0.25, 0.3) is 0 Å². The highest BCUT2D eigenvalue weighted by atomic mass is 79.9. The van der Waals surface area contributed by atoms with Crippen LogP contribution in [0.4, 0.5) is 0 Å². The van der Waals surface area contributed by atoms with E-state index in [4.69, 9.17) is 0 Å². The van der Waals surface area contributed by atoms with Crippen LogP contribution in [0.25, 0.3) is 0 Å². The highest BCUT2D eigenvalue weighted by Crippen LogP contribution is 2.25. The summed E-state index contributed by atoms with van der Waals surface area (Å²) in [6.45, 7) is 3.53. The minimum absolute atomic E-state index is 0.705. The molecule has 1 fully saturated rings. The normalized spacial score (nSPS) is 24.0. The van der Waals surface area contributed by atoms with Crippen LogP contribution in [-0.2, 0) is 6.54 Å². The summed E-state index contributed by atoms with van der Waals surface area (Å²) in [6.07, 6.45) is 1.28. The Morgan fingerprint density at radius 2 is 2.38 bits per heavy atom. The average Bonchev–Trinajstić information content (AvgIpc) is 2.62. The number of likely N-dealkylation sites (tertiary alicyclic amines) is 1. The molecule has 1 unspecified atom stereocenters. The number of rotatable bonds is 2. The smallest absolute Gasteiger partial charge is 0.0701 e. The molecule has 1 saturated heterocycles. The first kappa shape index (κ1) is 10.1. The van der Waals surface area contributed by atoms with Crippen LogP contribution < -0.4 is 0 Å². The summed E-state index contributed by atoms with van der Waals surface area (Å²) >= 11 is 8.97. The van der Waals surface area contributed by atoms with Gasteiger partial charge in [-0.05, 0) is 41.0 Å². The molecule has 0 amide bonds. The van der Waals surface area contributed by atoms with E-state index in [1.54, 1.807) is 0 Å². The van der Waals surface area contributed by atoms with Crippen molar-refractivity contribution in [2.75, 3.05) is 13.1 Å². The lowest BCUT2D eigenvalue weighted by Gasteiger charge is -2.12. The van der Waals surface area contributed by atoms with E-state index in [0.717, 1.165) is 6.54 Å². The molecule has 0 bridgehead atoms. The predicted molar refractivity (Wildman–Crippen MR) is 64.6 cm³/mol.